The van der Waals surface area contributed by atoms with Crippen molar-refractivity contribution in [3.8, 4) is 55.9 Å². The highest BCUT2D eigenvalue weighted by Gasteiger charge is 2.16. The SMILES string of the molecule is Cp1c2ccccc2c2ccc(-c3cc(-c4ccc(-c5nc6c(-c7ccccc7)cc(-c7ccccc7)cn6n5)cc4)cc4ccccc34)cc21. The largest absolute Gasteiger partial charge is 0.219 e. The Labute approximate surface area is 297 Å². The Morgan fingerprint density at radius 1 is 0.431 bits per heavy atom. The van der Waals surface area contributed by atoms with Gasteiger partial charge in [-0.1, -0.05) is 146 Å². The van der Waals surface area contributed by atoms with Crippen LogP contribution < -0.4 is 0 Å². The second-order valence-corrected chi connectivity index (χ2v) is 15.3. The number of pyridine rings is 1. The van der Waals surface area contributed by atoms with Crippen molar-refractivity contribution in [3.63, 3.8) is 0 Å². The third kappa shape index (κ3) is 5.05. The summed E-state index contributed by atoms with van der Waals surface area (Å²) in [5.41, 5.74) is 11.1. The molecule has 4 heteroatoms. The average Bonchev–Trinajstić information content (AvgIpc) is 3.76. The summed E-state index contributed by atoms with van der Waals surface area (Å²) in [6.45, 7) is 2.39. The van der Waals surface area contributed by atoms with Crippen molar-refractivity contribution in [2.45, 2.75) is 0 Å². The Morgan fingerprint density at radius 2 is 1.04 bits per heavy atom. The van der Waals surface area contributed by atoms with E-state index in [4.69, 9.17) is 10.1 Å². The van der Waals surface area contributed by atoms with E-state index in [1.807, 2.05) is 16.6 Å². The number of nitrogens with zero attached hydrogens (tertiary/aromatic N) is 3. The molecule has 3 aromatic heterocycles. The van der Waals surface area contributed by atoms with E-state index in [0.717, 1.165) is 39.0 Å². The third-order valence-corrected chi connectivity index (χ3v) is 12.4. The minimum atomic E-state index is -0.375. The molecule has 0 aliphatic carbocycles. The zero-order valence-electron chi connectivity index (χ0n) is 28.0. The maximum absolute atomic E-state index is 5.09. The van der Waals surface area contributed by atoms with Crippen molar-refractivity contribution in [3.05, 3.63) is 176 Å². The highest BCUT2D eigenvalue weighted by Crippen LogP contribution is 2.48. The fourth-order valence-electron chi connectivity index (χ4n) is 7.58. The van der Waals surface area contributed by atoms with E-state index in [2.05, 4.69) is 171 Å². The standard InChI is InChI=1S/C47H32N3P/c1-51-44-19-11-10-18-40(44)41-25-24-36(29-45(41)51)42-27-37(26-35-16-8-9-17-39(35)42)32-20-22-34(23-21-32)46-48-47-43(33-14-6-3-7-15-33)28-38(30-50(47)49-46)31-12-4-2-5-13-31/h2-30H,1H3. The highest BCUT2D eigenvalue weighted by atomic mass is 31.1. The van der Waals surface area contributed by atoms with E-state index in [1.54, 1.807) is 0 Å². The topological polar surface area (TPSA) is 30.2 Å². The fraction of sp³-hybridized carbons (Fsp3) is 0.0213. The van der Waals surface area contributed by atoms with Crippen LogP contribution in [0.3, 0.4) is 0 Å². The molecular weight excluding hydrogens is 638 g/mol. The summed E-state index contributed by atoms with van der Waals surface area (Å²) in [4.78, 5) is 5.09. The van der Waals surface area contributed by atoms with Crippen LogP contribution in [0.5, 0.6) is 0 Å². The molecule has 0 N–H and O–H groups in total. The van der Waals surface area contributed by atoms with Crippen molar-refractivity contribution in [2.24, 2.45) is 6.66 Å². The van der Waals surface area contributed by atoms with Crippen molar-refractivity contribution in [1.82, 2.24) is 14.6 Å². The van der Waals surface area contributed by atoms with Crippen LogP contribution in [0.25, 0.3) is 93.3 Å². The lowest BCUT2D eigenvalue weighted by molar-refractivity contribution is 0.968. The number of aromatic nitrogens is 3. The molecule has 0 fully saturated rings. The van der Waals surface area contributed by atoms with Gasteiger partial charge in [-0.3, -0.25) is 0 Å². The maximum Gasteiger partial charge on any atom is 0.182 e. The van der Waals surface area contributed by atoms with E-state index in [-0.39, 0.29) is 7.53 Å². The molecular formula is C47H32N3P. The number of aryl methyl sites for hydroxylation is 1. The van der Waals surface area contributed by atoms with Gasteiger partial charge in [-0.25, -0.2) is 9.50 Å². The van der Waals surface area contributed by atoms with Gasteiger partial charge in [0.1, 0.15) is 0 Å². The molecule has 0 radical (unpaired) electrons. The molecule has 240 valence electrons. The maximum atomic E-state index is 5.09. The summed E-state index contributed by atoms with van der Waals surface area (Å²) in [7, 11) is -0.375. The van der Waals surface area contributed by atoms with Gasteiger partial charge in [0.05, 0.1) is 0 Å². The molecule has 0 aliphatic heterocycles. The summed E-state index contributed by atoms with van der Waals surface area (Å²) >= 11 is 0. The van der Waals surface area contributed by atoms with Crippen LogP contribution in [0.4, 0.5) is 0 Å². The van der Waals surface area contributed by atoms with Gasteiger partial charge in [0.2, 0.25) is 0 Å². The predicted molar refractivity (Wildman–Crippen MR) is 216 cm³/mol. The molecule has 0 bridgehead atoms. The molecule has 10 rings (SSSR count). The number of fused-ring (bicyclic) bond motifs is 5. The summed E-state index contributed by atoms with van der Waals surface area (Å²) in [6, 6.07) is 61.2. The van der Waals surface area contributed by atoms with Crippen LogP contribution in [0.15, 0.2) is 176 Å². The Balaban J connectivity index is 1.06. The minimum absolute atomic E-state index is 0.375. The summed E-state index contributed by atoms with van der Waals surface area (Å²) in [5, 5.41) is 13.2. The van der Waals surface area contributed by atoms with Crippen LogP contribution in [0.1, 0.15) is 0 Å². The zero-order valence-corrected chi connectivity index (χ0v) is 28.9. The number of benzene rings is 7. The van der Waals surface area contributed by atoms with Gasteiger partial charge in [0.25, 0.3) is 0 Å². The third-order valence-electron chi connectivity index (χ3n) is 10.2. The van der Waals surface area contributed by atoms with Gasteiger partial charge in [0, 0.05) is 33.1 Å². The first-order chi connectivity index (χ1) is 25.2. The molecule has 0 saturated carbocycles. The Kier molecular flexibility index (Phi) is 6.94. The summed E-state index contributed by atoms with van der Waals surface area (Å²) in [6.07, 6.45) is 2.08. The van der Waals surface area contributed by atoms with Gasteiger partial charge in [-0.2, -0.15) is 0 Å². The van der Waals surface area contributed by atoms with Crippen molar-refractivity contribution in [2.75, 3.05) is 0 Å². The average molecular weight is 670 g/mol. The molecule has 3 heterocycles. The normalized spacial score (nSPS) is 12.0. The highest BCUT2D eigenvalue weighted by molar-refractivity contribution is 7.59. The van der Waals surface area contributed by atoms with E-state index in [0.29, 0.717) is 5.82 Å². The van der Waals surface area contributed by atoms with Crippen molar-refractivity contribution >= 4 is 45.0 Å². The van der Waals surface area contributed by atoms with Crippen molar-refractivity contribution in [1.29, 1.82) is 0 Å². The molecule has 7 aromatic carbocycles. The van der Waals surface area contributed by atoms with E-state index in [1.165, 1.54) is 48.5 Å². The monoisotopic (exact) mass is 669 g/mol. The van der Waals surface area contributed by atoms with Gasteiger partial charge in [-0.15, -0.1) is 12.6 Å². The van der Waals surface area contributed by atoms with Crippen LogP contribution in [-0.2, 0) is 6.66 Å². The van der Waals surface area contributed by atoms with E-state index < -0.39 is 0 Å². The van der Waals surface area contributed by atoms with Gasteiger partial charge >= 0.3 is 0 Å². The minimum Gasteiger partial charge on any atom is -0.219 e. The molecule has 51 heavy (non-hydrogen) atoms. The molecule has 3 nitrogen and oxygen atoms in total. The fourth-order valence-corrected chi connectivity index (χ4v) is 9.60. The van der Waals surface area contributed by atoms with E-state index >= 15 is 0 Å². The van der Waals surface area contributed by atoms with Crippen LogP contribution >= 0.6 is 7.53 Å². The summed E-state index contributed by atoms with van der Waals surface area (Å²) < 4.78 is 1.93. The Hall–Kier alpha value is -6.28. The number of hydrogen-bond acceptors (Lipinski definition) is 2. The van der Waals surface area contributed by atoms with Crippen LogP contribution in [-0.4, -0.2) is 14.6 Å². The molecule has 10 aromatic rings. The number of hydrogen-bond donors (Lipinski definition) is 0. The number of rotatable bonds is 5. The van der Waals surface area contributed by atoms with Gasteiger partial charge < -0.3 is 0 Å². The smallest absolute Gasteiger partial charge is 0.182 e. The first-order valence-electron chi connectivity index (χ1n) is 17.3. The lowest BCUT2D eigenvalue weighted by Gasteiger charge is -2.12. The predicted octanol–water partition coefficient (Wildman–Crippen LogP) is 13.0. The zero-order chi connectivity index (χ0) is 33.9. The molecule has 1 unspecified atom stereocenters. The first-order valence-corrected chi connectivity index (χ1v) is 19.1. The lowest BCUT2D eigenvalue weighted by atomic mass is 9.92. The van der Waals surface area contributed by atoms with Crippen molar-refractivity contribution < 1.29 is 0 Å². The van der Waals surface area contributed by atoms with E-state index in [9.17, 15) is 0 Å². The second kappa shape index (κ2) is 11.9. The van der Waals surface area contributed by atoms with Crippen LogP contribution in [0, 0.1) is 0 Å². The molecule has 0 amide bonds. The molecule has 0 saturated heterocycles. The molecule has 0 aliphatic rings. The Morgan fingerprint density at radius 3 is 1.84 bits per heavy atom. The van der Waals surface area contributed by atoms with Gasteiger partial charge in [0.15, 0.2) is 11.5 Å². The second-order valence-electron chi connectivity index (χ2n) is 13.2. The Bertz CT molecular complexity index is 2900. The first kappa shape index (κ1) is 29.6. The lowest BCUT2D eigenvalue weighted by Crippen LogP contribution is -1.93. The molecule has 0 spiro atoms. The molecule has 1 atom stereocenters. The van der Waals surface area contributed by atoms with Gasteiger partial charge in [-0.05, 0) is 85.9 Å². The van der Waals surface area contributed by atoms with Crippen LogP contribution in [0.2, 0.25) is 0 Å². The quantitative estimate of drug-likeness (QED) is 0.183. The summed E-state index contributed by atoms with van der Waals surface area (Å²) in [5.74, 6) is 0.707.